The summed E-state index contributed by atoms with van der Waals surface area (Å²) in [6.45, 7) is 0. The van der Waals surface area contributed by atoms with E-state index >= 15 is 0 Å². The smallest absolute Gasteiger partial charge is 0.151 e. The number of thiophene rings is 1. The molecule has 1 N–H and O–H groups in total. The second-order valence-electron chi connectivity index (χ2n) is 2.61. The topological polar surface area (TPSA) is 37.3 Å². The van der Waals surface area contributed by atoms with E-state index in [2.05, 4.69) is 0 Å². The number of phenols is 1. The number of hydrogen-bond donors (Lipinski definition) is 1. The van der Waals surface area contributed by atoms with Crippen molar-refractivity contribution in [1.82, 2.24) is 0 Å². The van der Waals surface area contributed by atoms with Crippen molar-refractivity contribution in [3.05, 3.63) is 28.1 Å². The van der Waals surface area contributed by atoms with Crippen molar-refractivity contribution < 1.29 is 9.90 Å². The van der Waals surface area contributed by atoms with Crippen LogP contribution in [0.15, 0.2) is 17.5 Å². The average molecular weight is 213 g/mol. The van der Waals surface area contributed by atoms with E-state index < -0.39 is 0 Å². The van der Waals surface area contributed by atoms with Gasteiger partial charge in [0.05, 0.1) is 9.72 Å². The van der Waals surface area contributed by atoms with Crippen LogP contribution in [-0.4, -0.2) is 11.4 Å². The molecule has 0 spiro atoms. The highest BCUT2D eigenvalue weighted by Gasteiger charge is 2.07. The van der Waals surface area contributed by atoms with E-state index in [1.54, 1.807) is 11.4 Å². The lowest BCUT2D eigenvalue weighted by molar-refractivity contribution is 0.112. The summed E-state index contributed by atoms with van der Waals surface area (Å²) in [5.41, 5.74) is 0.567. The van der Waals surface area contributed by atoms with E-state index in [0.717, 1.165) is 11.0 Å². The molecular weight excluding hydrogens is 208 g/mol. The Bertz CT molecular complexity index is 476. The van der Waals surface area contributed by atoms with E-state index in [9.17, 15) is 9.90 Å². The number of phenolic OH excluding ortho intramolecular Hbond substituents is 1. The Kier molecular flexibility index (Phi) is 1.98. The fourth-order valence-corrected chi connectivity index (χ4v) is 2.44. The molecule has 0 unspecified atom stereocenters. The minimum absolute atomic E-state index is 0.0824. The summed E-state index contributed by atoms with van der Waals surface area (Å²) < 4.78 is 0.835. The lowest BCUT2D eigenvalue weighted by Gasteiger charge is -1.95. The molecule has 0 aliphatic heterocycles. The van der Waals surface area contributed by atoms with Crippen molar-refractivity contribution in [1.29, 1.82) is 0 Å². The Morgan fingerprint density at radius 2 is 2.23 bits per heavy atom. The van der Waals surface area contributed by atoms with Gasteiger partial charge in [0.15, 0.2) is 6.29 Å². The zero-order valence-electron chi connectivity index (χ0n) is 6.45. The van der Waals surface area contributed by atoms with Crippen LogP contribution in [0, 0.1) is 0 Å². The van der Waals surface area contributed by atoms with E-state index in [1.807, 2.05) is 0 Å². The molecule has 0 amide bonds. The summed E-state index contributed by atoms with van der Waals surface area (Å²) in [4.78, 5) is 10.6. The molecule has 0 saturated heterocycles. The molecule has 0 aliphatic rings. The number of aromatic hydroxyl groups is 1. The lowest BCUT2D eigenvalue weighted by atomic mass is 10.2. The van der Waals surface area contributed by atoms with Gasteiger partial charge in [0.2, 0.25) is 0 Å². The maximum Gasteiger partial charge on any atom is 0.151 e. The third-order valence-corrected chi connectivity index (χ3v) is 3.23. The largest absolute Gasteiger partial charge is 0.508 e. The van der Waals surface area contributed by atoms with Gasteiger partial charge in [0, 0.05) is 16.3 Å². The minimum Gasteiger partial charge on any atom is -0.508 e. The molecular formula is C9H5ClO2S. The molecule has 0 saturated carbocycles. The monoisotopic (exact) mass is 212 g/mol. The third-order valence-electron chi connectivity index (χ3n) is 1.77. The van der Waals surface area contributed by atoms with Gasteiger partial charge in [-0.1, -0.05) is 11.6 Å². The van der Waals surface area contributed by atoms with Crippen LogP contribution in [0.1, 0.15) is 10.4 Å². The Balaban J connectivity index is 2.89. The second-order valence-corrected chi connectivity index (χ2v) is 3.90. The minimum atomic E-state index is 0.0824. The van der Waals surface area contributed by atoms with Crippen molar-refractivity contribution in [3.63, 3.8) is 0 Å². The maximum absolute atomic E-state index is 10.6. The van der Waals surface area contributed by atoms with Crippen LogP contribution in [0.5, 0.6) is 5.75 Å². The van der Waals surface area contributed by atoms with Crippen molar-refractivity contribution in [2.24, 2.45) is 0 Å². The molecule has 1 aromatic heterocycles. The van der Waals surface area contributed by atoms with Crippen LogP contribution < -0.4 is 0 Å². The fourth-order valence-electron chi connectivity index (χ4n) is 1.19. The molecule has 13 heavy (non-hydrogen) atoms. The van der Waals surface area contributed by atoms with Gasteiger partial charge in [-0.3, -0.25) is 4.79 Å². The van der Waals surface area contributed by atoms with Crippen LogP contribution in [0.4, 0.5) is 0 Å². The quantitative estimate of drug-likeness (QED) is 0.738. The molecule has 1 aromatic carbocycles. The molecule has 4 heteroatoms. The van der Waals surface area contributed by atoms with Gasteiger partial charge in [0.1, 0.15) is 5.75 Å². The van der Waals surface area contributed by atoms with Crippen molar-refractivity contribution >= 4 is 39.3 Å². The molecule has 0 atom stereocenters. The maximum atomic E-state index is 10.6. The lowest BCUT2D eigenvalue weighted by Crippen LogP contribution is -1.75. The Morgan fingerprint density at radius 3 is 2.92 bits per heavy atom. The van der Waals surface area contributed by atoms with Crippen LogP contribution >= 0.6 is 22.9 Å². The van der Waals surface area contributed by atoms with Crippen molar-refractivity contribution in [3.8, 4) is 5.75 Å². The summed E-state index contributed by atoms with van der Waals surface area (Å²) in [6.07, 6.45) is 0.759. The van der Waals surface area contributed by atoms with Crippen LogP contribution in [0.3, 0.4) is 0 Å². The van der Waals surface area contributed by atoms with Crippen LogP contribution in [0.2, 0.25) is 5.02 Å². The van der Waals surface area contributed by atoms with Gasteiger partial charge in [0.25, 0.3) is 0 Å². The summed E-state index contributed by atoms with van der Waals surface area (Å²) >= 11 is 7.27. The number of hydrogen-bond acceptors (Lipinski definition) is 3. The molecule has 2 nitrogen and oxygen atoms in total. The average Bonchev–Trinajstić information content (AvgIpc) is 2.47. The fraction of sp³-hybridized carbons (Fsp3) is 0. The summed E-state index contributed by atoms with van der Waals surface area (Å²) in [7, 11) is 0. The van der Waals surface area contributed by atoms with E-state index in [4.69, 9.17) is 11.6 Å². The Hall–Kier alpha value is -1.06. The number of halogens is 1. The SMILES string of the molecule is O=Cc1csc2c(Cl)cc(O)cc12. The van der Waals surface area contributed by atoms with E-state index in [-0.39, 0.29) is 5.75 Å². The first kappa shape index (κ1) is 8.53. The van der Waals surface area contributed by atoms with Crippen molar-refractivity contribution in [2.45, 2.75) is 0 Å². The normalized spacial score (nSPS) is 10.5. The molecule has 0 bridgehead atoms. The number of fused-ring (bicyclic) bond motifs is 1. The molecule has 1 heterocycles. The van der Waals surface area contributed by atoms with Gasteiger partial charge in [-0.2, -0.15) is 0 Å². The number of carbonyl (C=O) groups is 1. The number of rotatable bonds is 1. The summed E-state index contributed by atoms with van der Waals surface area (Å²) in [5, 5.41) is 12.2. The van der Waals surface area contributed by atoms with Gasteiger partial charge < -0.3 is 5.11 Å². The zero-order valence-corrected chi connectivity index (χ0v) is 8.02. The van der Waals surface area contributed by atoms with Gasteiger partial charge in [-0.05, 0) is 12.1 Å². The Labute approximate surface area is 83.4 Å². The highest BCUT2D eigenvalue weighted by atomic mass is 35.5. The van der Waals surface area contributed by atoms with E-state index in [0.29, 0.717) is 16.0 Å². The summed E-state index contributed by atoms with van der Waals surface area (Å²) in [5.74, 6) is 0.0824. The molecule has 66 valence electrons. The molecule has 2 rings (SSSR count). The third kappa shape index (κ3) is 1.30. The first-order valence-corrected chi connectivity index (χ1v) is 4.83. The number of aldehydes is 1. The predicted molar refractivity (Wildman–Crippen MR) is 53.9 cm³/mol. The zero-order chi connectivity index (χ0) is 9.42. The van der Waals surface area contributed by atoms with Crippen molar-refractivity contribution in [2.75, 3.05) is 0 Å². The number of benzene rings is 1. The molecule has 2 aromatic rings. The first-order chi connectivity index (χ1) is 6.22. The second kappa shape index (κ2) is 3.01. The first-order valence-electron chi connectivity index (χ1n) is 3.57. The van der Waals surface area contributed by atoms with Crippen LogP contribution in [-0.2, 0) is 0 Å². The standard InChI is InChI=1S/C9H5ClO2S/c10-8-2-6(12)1-7-5(3-11)4-13-9(7)8/h1-4,12H. The van der Waals surface area contributed by atoms with Gasteiger partial charge in [-0.15, -0.1) is 11.3 Å². The highest BCUT2D eigenvalue weighted by molar-refractivity contribution is 7.18. The molecule has 0 aliphatic carbocycles. The van der Waals surface area contributed by atoms with Crippen LogP contribution in [0.25, 0.3) is 10.1 Å². The number of carbonyl (C=O) groups excluding carboxylic acids is 1. The summed E-state index contributed by atoms with van der Waals surface area (Å²) in [6, 6.07) is 3.01. The molecule has 0 fully saturated rings. The Morgan fingerprint density at radius 1 is 1.46 bits per heavy atom. The predicted octanol–water partition coefficient (Wildman–Crippen LogP) is 3.07. The van der Waals surface area contributed by atoms with Gasteiger partial charge >= 0.3 is 0 Å². The van der Waals surface area contributed by atoms with E-state index in [1.165, 1.54) is 17.4 Å². The highest BCUT2D eigenvalue weighted by Crippen LogP contribution is 2.34. The van der Waals surface area contributed by atoms with Gasteiger partial charge in [-0.25, -0.2) is 0 Å². The molecule has 0 radical (unpaired) electrons.